The molecule has 5 nitrogen and oxygen atoms in total. The number of carbonyl (C=O) groups is 2. The number of anilines is 1. The lowest BCUT2D eigenvalue weighted by atomic mass is 9.95. The third-order valence-electron chi connectivity index (χ3n) is 5.29. The van der Waals surface area contributed by atoms with E-state index in [1.807, 2.05) is 0 Å². The van der Waals surface area contributed by atoms with Gasteiger partial charge in [-0.05, 0) is 60.2 Å². The Morgan fingerprint density at radius 2 is 1.64 bits per heavy atom. The average Bonchev–Trinajstić information content (AvgIpc) is 3.32. The number of nitrogens with zero attached hydrogens (tertiary/aromatic N) is 2. The van der Waals surface area contributed by atoms with Crippen LogP contribution < -0.4 is 4.90 Å². The molecule has 0 radical (unpaired) electrons. The predicted molar refractivity (Wildman–Crippen MR) is 125 cm³/mol. The SMILES string of the molecule is O=C1C(=O)N(c2nc3ccc(F)cc3s2)[C@H](c2ccc(Br)cc2)C1=C(O)c1ccc(F)cc1. The van der Waals surface area contributed by atoms with Crippen LogP contribution in [0.25, 0.3) is 16.0 Å². The van der Waals surface area contributed by atoms with Crippen LogP contribution in [0.5, 0.6) is 0 Å². The van der Waals surface area contributed by atoms with E-state index in [1.54, 1.807) is 24.3 Å². The number of benzene rings is 3. The number of carbonyl (C=O) groups excluding carboxylic acids is 2. The largest absolute Gasteiger partial charge is 0.507 e. The van der Waals surface area contributed by atoms with Crippen LogP contribution in [0.2, 0.25) is 0 Å². The number of ketones is 1. The summed E-state index contributed by atoms with van der Waals surface area (Å²) in [6, 6.07) is 15.0. The maximum Gasteiger partial charge on any atom is 0.301 e. The molecule has 0 aliphatic carbocycles. The third kappa shape index (κ3) is 3.73. The van der Waals surface area contributed by atoms with E-state index in [1.165, 1.54) is 35.2 Å². The minimum absolute atomic E-state index is 0.139. The van der Waals surface area contributed by atoms with E-state index in [2.05, 4.69) is 20.9 Å². The maximum atomic E-state index is 13.7. The van der Waals surface area contributed by atoms with Gasteiger partial charge in [0.2, 0.25) is 0 Å². The number of aliphatic hydroxyl groups excluding tert-OH is 1. The molecule has 3 aromatic carbocycles. The van der Waals surface area contributed by atoms with Gasteiger partial charge in [-0.3, -0.25) is 14.5 Å². The van der Waals surface area contributed by atoms with Crippen molar-refractivity contribution in [2.45, 2.75) is 6.04 Å². The monoisotopic (exact) mass is 526 g/mol. The van der Waals surface area contributed by atoms with Crippen LogP contribution in [0.4, 0.5) is 13.9 Å². The predicted octanol–water partition coefficient (Wildman–Crippen LogP) is 5.96. The molecule has 0 saturated carbocycles. The Morgan fingerprint density at radius 1 is 0.970 bits per heavy atom. The molecule has 9 heteroatoms. The molecule has 0 unspecified atom stereocenters. The second kappa shape index (κ2) is 8.17. The number of aliphatic hydroxyl groups is 1. The molecule has 164 valence electrons. The van der Waals surface area contributed by atoms with E-state index in [9.17, 15) is 23.5 Å². The molecule has 1 aromatic heterocycles. The molecule has 1 atom stereocenters. The molecule has 1 fully saturated rings. The summed E-state index contributed by atoms with van der Waals surface area (Å²) in [6.45, 7) is 0. The zero-order chi connectivity index (χ0) is 23.3. The summed E-state index contributed by atoms with van der Waals surface area (Å²) in [5, 5.41) is 11.2. The number of aromatic nitrogens is 1. The minimum Gasteiger partial charge on any atom is -0.507 e. The molecule has 1 aliphatic heterocycles. The fraction of sp³-hybridized carbons (Fsp3) is 0.0417. The molecular formula is C24H13BrF2N2O3S. The van der Waals surface area contributed by atoms with E-state index < -0.39 is 35.1 Å². The van der Waals surface area contributed by atoms with Crippen molar-refractivity contribution in [3.63, 3.8) is 0 Å². The smallest absolute Gasteiger partial charge is 0.301 e. The third-order valence-corrected chi connectivity index (χ3v) is 6.84. The number of halogens is 3. The van der Waals surface area contributed by atoms with Gasteiger partial charge in [0.05, 0.1) is 21.8 Å². The van der Waals surface area contributed by atoms with Crippen molar-refractivity contribution in [1.82, 2.24) is 4.98 Å². The number of Topliss-reactive ketones (excluding diaryl/α,β-unsaturated/α-hetero) is 1. The van der Waals surface area contributed by atoms with Crippen LogP contribution in [0.1, 0.15) is 17.2 Å². The second-order valence-electron chi connectivity index (χ2n) is 7.34. The Balaban J connectivity index is 1.73. The van der Waals surface area contributed by atoms with Crippen molar-refractivity contribution >= 4 is 60.1 Å². The Kier molecular flexibility index (Phi) is 5.30. The fourth-order valence-corrected chi connectivity index (χ4v) is 5.02. The number of thiazole rings is 1. The zero-order valence-corrected chi connectivity index (χ0v) is 19.0. The maximum absolute atomic E-state index is 13.7. The topological polar surface area (TPSA) is 70.5 Å². The first kappa shape index (κ1) is 21.4. The Bertz CT molecular complexity index is 1450. The number of hydrogen-bond acceptors (Lipinski definition) is 5. The van der Waals surface area contributed by atoms with Crippen molar-refractivity contribution in [1.29, 1.82) is 0 Å². The molecular weight excluding hydrogens is 514 g/mol. The number of amides is 1. The molecule has 0 bridgehead atoms. The minimum atomic E-state index is -0.978. The molecule has 4 aromatic rings. The zero-order valence-electron chi connectivity index (χ0n) is 16.6. The first-order valence-corrected chi connectivity index (χ1v) is 11.3. The highest BCUT2D eigenvalue weighted by molar-refractivity contribution is 9.10. The summed E-state index contributed by atoms with van der Waals surface area (Å²) in [6.07, 6.45) is 0. The molecule has 5 rings (SSSR count). The molecule has 2 heterocycles. The highest BCUT2D eigenvalue weighted by atomic mass is 79.9. The van der Waals surface area contributed by atoms with Gasteiger partial charge in [0, 0.05) is 10.0 Å². The second-order valence-corrected chi connectivity index (χ2v) is 9.26. The number of hydrogen-bond donors (Lipinski definition) is 1. The van der Waals surface area contributed by atoms with E-state index >= 15 is 0 Å². The number of fused-ring (bicyclic) bond motifs is 1. The fourth-order valence-electron chi connectivity index (χ4n) is 3.74. The van der Waals surface area contributed by atoms with Crippen molar-refractivity contribution in [3.05, 3.63) is 99.5 Å². The van der Waals surface area contributed by atoms with Crippen LogP contribution in [0.15, 0.2) is 76.8 Å². The van der Waals surface area contributed by atoms with Gasteiger partial charge in [-0.15, -0.1) is 0 Å². The van der Waals surface area contributed by atoms with Crippen molar-refractivity contribution in [3.8, 4) is 0 Å². The normalized spacial score (nSPS) is 17.8. The van der Waals surface area contributed by atoms with Crippen LogP contribution in [-0.4, -0.2) is 21.8 Å². The Morgan fingerprint density at radius 3 is 2.33 bits per heavy atom. The first-order valence-electron chi connectivity index (χ1n) is 9.72. The van der Waals surface area contributed by atoms with Crippen molar-refractivity contribution in [2.75, 3.05) is 4.90 Å². The Hall–Kier alpha value is -3.43. The van der Waals surface area contributed by atoms with Crippen LogP contribution >= 0.6 is 27.3 Å². The van der Waals surface area contributed by atoms with E-state index in [-0.39, 0.29) is 16.3 Å². The lowest BCUT2D eigenvalue weighted by Crippen LogP contribution is -2.29. The summed E-state index contributed by atoms with van der Waals surface area (Å²) >= 11 is 4.43. The quantitative estimate of drug-likeness (QED) is 0.203. The molecule has 33 heavy (non-hydrogen) atoms. The van der Waals surface area contributed by atoms with E-state index in [4.69, 9.17) is 0 Å². The molecule has 0 spiro atoms. The van der Waals surface area contributed by atoms with Gasteiger partial charge in [-0.25, -0.2) is 13.8 Å². The van der Waals surface area contributed by atoms with Gasteiger partial charge in [-0.2, -0.15) is 0 Å². The van der Waals surface area contributed by atoms with Crippen molar-refractivity contribution in [2.24, 2.45) is 0 Å². The van der Waals surface area contributed by atoms with Crippen LogP contribution in [0, 0.1) is 11.6 Å². The van der Waals surface area contributed by atoms with Gasteiger partial charge >= 0.3 is 5.91 Å². The van der Waals surface area contributed by atoms with E-state index in [0.29, 0.717) is 15.8 Å². The summed E-state index contributed by atoms with van der Waals surface area (Å²) in [5.74, 6) is -3.13. The summed E-state index contributed by atoms with van der Waals surface area (Å²) in [5.41, 5.74) is 1.10. The van der Waals surface area contributed by atoms with Gasteiger partial charge in [0.1, 0.15) is 17.4 Å². The van der Waals surface area contributed by atoms with Gasteiger partial charge in [0.15, 0.2) is 5.13 Å². The molecule has 1 N–H and O–H groups in total. The summed E-state index contributed by atoms with van der Waals surface area (Å²) < 4.78 is 28.4. The van der Waals surface area contributed by atoms with Crippen LogP contribution in [0.3, 0.4) is 0 Å². The highest BCUT2D eigenvalue weighted by Crippen LogP contribution is 2.44. The van der Waals surface area contributed by atoms with E-state index in [0.717, 1.165) is 27.9 Å². The van der Waals surface area contributed by atoms with Crippen LogP contribution in [-0.2, 0) is 9.59 Å². The molecule has 1 amide bonds. The highest BCUT2D eigenvalue weighted by Gasteiger charge is 2.48. The Labute approximate surface area is 198 Å². The number of rotatable bonds is 3. The average molecular weight is 527 g/mol. The van der Waals surface area contributed by atoms with Crippen molar-refractivity contribution < 1.29 is 23.5 Å². The van der Waals surface area contributed by atoms with Gasteiger partial charge in [0.25, 0.3) is 5.78 Å². The van der Waals surface area contributed by atoms with Gasteiger partial charge in [-0.1, -0.05) is 39.4 Å². The lowest BCUT2D eigenvalue weighted by molar-refractivity contribution is -0.132. The standard InChI is InChI=1S/C24H13BrF2N2O3S/c25-14-5-1-12(2-6-14)20-19(21(30)13-3-7-15(26)8-4-13)22(31)23(32)29(20)24-28-17-10-9-16(27)11-18(17)33-24/h1-11,20,30H/t20-/m1/s1. The van der Waals surface area contributed by atoms with Gasteiger partial charge < -0.3 is 5.11 Å². The summed E-state index contributed by atoms with van der Waals surface area (Å²) in [4.78, 5) is 31.9. The summed E-state index contributed by atoms with van der Waals surface area (Å²) in [7, 11) is 0. The molecule has 1 saturated heterocycles. The molecule has 1 aliphatic rings. The first-order chi connectivity index (χ1) is 15.8. The lowest BCUT2D eigenvalue weighted by Gasteiger charge is -2.23.